The largest absolute Gasteiger partial charge is 0.397 e. The maximum atomic E-state index is 13.7. The molecule has 0 heterocycles. The average molecular weight is 259 g/mol. The lowest BCUT2D eigenvalue weighted by Gasteiger charge is -2.22. The normalized spacial score (nSPS) is 10.0. The second-order valence-electron chi connectivity index (χ2n) is 4.04. The van der Waals surface area contributed by atoms with Gasteiger partial charge in [0.25, 0.3) is 0 Å². The predicted molar refractivity (Wildman–Crippen MR) is 70.0 cm³/mol. The fraction of sp³-hybridized carbons (Fsp3) is 0.0714. The van der Waals surface area contributed by atoms with E-state index < -0.39 is 11.6 Å². The van der Waals surface area contributed by atoms with Crippen molar-refractivity contribution in [2.75, 3.05) is 17.7 Å². The zero-order chi connectivity index (χ0) is 14.0. The number of hydrogen-bond acceptors (Lipinski definition) is 3. The van der Waals surface area contributed by atoms with Crippen LogP contribution in [0.4, 0.5) is 25.8 Å². The van der Waals surface area contributed by atoms with Crippen molar-refractivity contribution in [2.24, 2.45) is 0 Å². The molecule has 0 aromatic heterocycles. The summed E-state index contributed by atoms with van der Waals surface area (Å²) in [5, 5.41) is 8.86. The van der Waals surface area contributed by atoms with Crippen LogP contribution in [0.2, 0.25) is 0 Å². The van der Waals surface area contributed by atoms with Gasteiger partial charge in [0.1, 0.15) is 11.6 Å². The molecule has 2 N–H and O–H groups in total. The molecule has 0 aliphatic rings. The fourth-order valence-corrected chi connectivity index (χ4v) is 1.78. The molecule has 96 valence electrons. The summed E-state index contributed by atoms with van der Waals surface area (Å²) in [6, 6.07) is 9.79. The van der Waals surface area contributed by atoms with Crippen molar-refractivity contribution in [3.05, 3.63) is 53.6 Å². The van der Waals surface area contributed by atoms with Crippen molar-refractivity contribution in [1.29, 1.82) is 5.26 Å². The number of hydrogen-bond donors (Lipinski definition) is 1. The topological polar surface area (TPSA) is 53.0 Å². The average Bonchev–Trinajstić information content (AvgIpc) is 2.41. The molecule has 2 aromatic carbocycles. The van der Waals surface area contributed by atoms with Crippen LogP contribution in [0, 0.1) is 23.0 Å². The maximum Gasteiger partial charge on any atom is 0.147 e. The highest BCUT2D eigenvalue weighted by Gasteiger charge is 2.13. The van der Waals surface area contributed by atoms with Gasteiger partial charge >= 0.3 is 0 Å². The van der Waals surface area contributed by atoms with Gasteiger partial charge in [-0.05, 0) is 30.3 Å². The van der Waals surface area contributed by atoms with Crippen molar-refractivity contribution in [2.45, 2.75) is 0 Å². The Morgan fingerprint density at radius 3 is 2.53 bits per heavy atom. The highest BCUT2D eigenvalue weighted by molar-refractivity contribution is 5.76. The maximum absolute atomic E-state index is 13.7. The second kappa shape index (κ2) is 4.94. The molecule has 5 heteroatoms. The van der Waals surface area contributed by atoms with Crippen molar-refractivity contribution >= 4 is 17.1 Å². The number of nitrogens with zero attached hydrogens (tertiary/aromatic N) is 2. The van der Waals surface area contributed by atoms with Crippen LogP contribution in [0.3, 0.4) is 0 Å². The third-order valence-electron chi connectivity index (χ3n) is 2.79. The van der Waals surface area contributed by atoms with Gasteiger partial charge in [0.15, 0.2) is 0 Å². The minimum absolute atomic E-state index is 0.0572. The van der Waals surface area contributed by atoms with Gasteiger partial charge in [-0.15, -0.1) is 0 Å². The lowest BCUT2D eigenvalue weighted by Crippen LogP contribution is -2.13. The number of benzene rings is 2. The van der Waals surface area contributed by atoms with Gasteiger partial charge in [-0.25, -0.2) is 8.78 Å². The summed E-state index contributed by atoms with van der Waals surface area (Å²) in [5.41, 5.74) is 7.08. The van der Waals surface area contributed by atoms with Crippen LogP contribution >= 0.6 is 0 Å². The molecule has 0 aliphatic heterocycles. The monoisotopic (exact) mass is 259 g/mol. The van der Waals surface area contributed by atoms with Gasteiger partial charge in [0.05, 0.1) is 28.7 Å². The van der Waals surface area contributed by atoms with E-state index in [0.29, 0.717) is 16.9 Å². The Bertz CT molecular complexity index is 662. The Morgan fingerprint density at radius 2 is 1.84 bits per heavy atom. The molecule has 2 aromatic rings. The quantitative estimate of drug-likeness (QED) is 0.843. The third-order valence-corrected chi connectivity index (χ3v) is 2.79. The second-order valence-corrected chi connectivity index (χ2v) is 4.04. The van der Waals surface area contributed by atoms with Crippen LogP contribution in [-0.2, 0) is 0 Å². The molecule has 0 spiro atoms. The highest BCUT2D eigenvalue weighted by atomic mass is 19.1. The first-order valence-corrected chi connectivity index (χ1v) is 5.51. The van der Waals surface area contributed by atoms with Gasteiger partial charge in [0, 0.05) is 13.1 Å². The number of rotatable bonds is 2. The molecule has 0 saturated carbocycles. The van der Waals surface area contributed by atoms with E-state index in [2.05, 4.69) is 0 Å². The van der Waals surface area contributed by atoms with Crippen LogP contribution in [0.5, 0.6) is 0 Å². The lowest BCUT2D eigenvalue weighted by molar-refractivity contribution is 0.600. The van der Waals surface area contributed by atoms with E-state index in [0.717, 1.165) is 18.2 Å². The smallest absolute Gasteiger partial charge is 0.147 e. The summed E-state index contributed by atoms with van der Waals surface area (Å²) in [4.78, 5) is 1.41. The van der Waals surface area contributed by atoms with Crippen molar-refractivity contribution in [3.8, 4) is 6.07 Å². The van der Waals surface area contributed by atoms with Crippen LogP contribution in [0.15, 0.2) is 36.4 Å². The summed E-state index contributed by atoms with van der Waals surface area (Å²) in [5.74, 6) is -1.11. The van der Waals surface area contributed by atoms with E-state index in [-0.39, 0.29) is 5.69 Å². The van der Waals surface area contributed by atoms with E-state index in [1.807, 2.05) is 6.07 Å². The molecule has 0 saturated heterocycles. The van der Waals surface area contributed by atoms with Crippen molar-refractivity contribution < 1.29 is 8.78 Å². The van der Waals surface area contributed by atoms with Gasteiger partial charge in [-0.1, -0.05) is 0 Å². The van der Waals surface area contributed by atoms with Gasteiger partial charge in [-0.3, -0.25) is 0 Å². The predicted octanol–water partition coefficient (Wildman–Crippen LogP) is 3.19. The number of nitrogens with two attached hydrogens (primary N) is 1. The van der Waals surface area contributed by atoms with Crippen LogP contribution in [-0.4, -0.2) is 7.05 Å². The van der Waals surface area contributed by atoms with Gasteiger partial charge in [0.2, 0.25) is 0 Å². The molecule has 2 rings (SSSR count). The van der Waals surface area contributed by atoms with Gasteiger partial charge in [-0.2, -0.15) is 5.26 Å². The summed E-state index contributed by atoms with van der Waals surface area (Å²) < 4.78 is 26.9. The lowest BCUT2D eigenvalue weighted by atomic mass is 10.1. The Kier molecular flexibility index (Phi) is 3.34. The van der Waals surface area contributed by atoms with E-state index in [1.54, 1.807) is 19.2 Å². The first kappa shape index (κ1) is 12.8. The SMILES string of the molecule is CN(c1cc(C#N)ccc1N)c1cc(F)ccc1F. The van der Waals surface area contributed by atoms with E-state index in [9.17, 15) is 8.78 Å². The van der Waals surface area contributed by atoms with Crippen molar-refractivity contribution in [3.63, 3.8) is 0 Å². The van der Waals surface area contributed by atoms with Crippen molar-refractivity contribution in [1.82, 2.24) is 0 Å². The minimum Gasteiger partial charge on any atom is -0.397 e. The van der Waals surface area contributed by atoms with Crippen LogP contribution < -0.4 is 10.6 Å². The zero-order valence-electron chi connectivity index (χ0n) is 10.2. The summed E-state index contributed by atoms with van der Waals surface area (Å²) in [6.45, 7) is 0. The van der Waals surface area contributed by atoms with Gasteiger partial charge < -0.3 is 10.6 Å². The first-order valence-electron chi connectivity index (χ1n) is 5.51. The molecule has 0 amide bonds. The summed E-state index contributed by atoms with van der Waals surface area (Å²) in [6.07, 6.45) is 0. The van der Waals surface area contributed by atoms with E-state index >= 15 is 0 Å². The third kappa shape index (κ3) is 2.47. The number of nitrogen functional groups attached to an aromatic ring is 1. The Morgan fingerprint density at radius 1 is 1.11 bits per heavy atom. The molecule has 3 nitrogen and oxygen atoms in total. The van der Waals surface area contributed by atoms with Crippen LogP contribution in [0.1, 0.15) is 5.56 Å². The van der Waals surface area contributed by atoms with E-state index in [4.69, 9.17) is 11.0 Å². The summed E-state index contributed by atoms with van der Waals surface area (Å²) in [7, 11) is 1.56. The molecule has 0 unspecified atom stereocenters. The Balaban J connectivity index is 2.52. The molecule has 19 heavy (non-hydrogen) atoms. The Hall–Kier alpha value is -2.61. The first-order chi connectivity index (χ1) is 9.02. The highest BCUT2D eigenvalue weighted by Crippen LogP contribution is 2.31. The molecular formula is C14H11F2N3. The number of nitriles is 1. The Labute approximate surface area is 109 Å². The fourth-order valence-electron chi connectivity index (χ4n) is 1.78. The molecule has 0 fully saturated rings. The standard InChI is InChI=1S/C14H11F2N3/c1-19(13-7-10(15)3-4-11(13)16)14-6-9(8-17)2-5-12(14)18/h2-7H,18H2,1H3. The molecule has 0 aliphatic carbocycles. The molecular weight excluding hydrogens is 248 g/mol. The zero-order valence-corrected chi connectivity index (χ0v) is 10.2. The summed E-state index contributed by atoms with van der Waals surface area (Å²) >= 11 is 0. The number of halogens is 2. The molecule has 0 bridgehead atoms. The minimum atomic E-state index is -0.564. The molecule has 0 atom stereocenters. The number of anilines is 3. The van der Waals surface area contributed by atoms with E-state index in [1.165, 1.54) is 11.0 Å². The van der Waals surface area contributed by atoms with Crippen LogP contribution in [0.25, 0.3) is 0 Å². The molecule has 0 radical (unpaired) electrons.